The summed E-state index contributed by atoms with van der Waals surface area (Å²) >= 11 is 6.00. The quantitative estimate of drug-likeness (QED) is 0.594. The Bertz CT molecular complexity index is 1090. The van der Waals surface area contributed by atoms with E-state index in [1.807, 2.05) is 6.07 Å². The van der Waals surface area contributed by atoms with E-state index in [1.165, 1.54) is 10.6 Å². The van der Waals surface area contributed by atoms with E-state index in [1.54, 1.807) is 36.7 Å². The summed E-state index contributed by atoms with van der Waals surface area (Å²) in [6.45, 7) is 0. The van der Waals surface area contributed by atoms with Crippen LogP contribution in [0, 0.1) is 0 Å². The van der Waals surface area contributed by atoms with Gasteiger partial charge in [0.15, 0.2) is 5.69 Å². The molecular formula is C16H10ClN5O2. The van der Waals surface area contributed by atoms with E-state index < -0.39 is 5.97 Å². The van der Waals surface area contributed by atoms with Crippen LogP contribution in [-0.2, 0) is 0 Å². The summed E-state index contributed by atoms with van der Waals surface area (Å²) in [5.41, 5.74) is 1.94. The van der Waals surface area contributed by atoms with Crippen LogP contribution in [0.1, 0.15) is 10.5 Å². The fourth-order valence-electron chi connectivity index (χ4n) is 2.46. The second-order valence-corrected chi connectivity index (χ2v) is 5.53. The van der Waals surface area contributed by atoms with Gasteiger partial charge >= 0.3 is 5.97 Å². The van der Waals surface area contributed by atoms with Crippen molar-refractivity contribution in [3.8, 4) is 0 Å². The molecule has 0 aliphatic carbocycles. The number of anilines is 2. The molecule has 1 aromatic carbocycles. The van der Waals surface area contributed by atoms with Crippen molar-refractivity contribution in [2.24, 2.45) is 0 Å². The van der Waals surface area contributed by atoms with Gasteiger partial charge in [0.2, 0.25) is 5.95 Å². The maximum Gasteiger partial charge on any atom is 0.356 e. The Labute approximate surface area is 140 Å². The molecule has 3 heterocycles. The standard InChI is InChI=1S/C16H10ClN5O2/c17-9-2-1-3-10(6-9)19-16-20-12-4-5-18-8-11(12)14-7-13(15(23)24)21-22(14)16/h1-8H,(H,19,20)(H,23,24). The number of nitrogens with one attached hydrogen (secondary N) is 1. The summed E-state index contributed by atoms with van der Waals surface area (Å²) in [6.07, 6.45) is 3.26. The number of benzene rings is 1. The number of aromatic carboxylic acids is 1. The first-order valence-electron chi connectivity index (χ1n) is 7.01. The fourth-order valence-corrected chi connectivity index (χ4v) is 2.65. The van der Waals surface area contributed by atoms with Crippen molar-refractivity contribution in [3.63, 3.8) is 0 Å². The first-order chi connectivity index (χ1) is 11.6. The highest BCUT2D eigenvalue weighted by atomic mass is 35.5. The third-order valence-corrected chi connectivity index (χ3v) is 3.75. The molecule has 0 fully saturated rings. The number of rotatable bonds is 3. The first kappa shape index (κ1) is 14.4. The normalized spacial score (nSPS) is 11.0. The molecule has 7 nitrogen and oxygen atoms in total. The van der Waals surface area contributed by atoms with E-state index in [0.29, 0.717) is 27.4 Å². The second-order valence-electron chi connectivity index (χ2n) is 5.10. The predicted molar refractivity (Wildman–Crippen MR) is 90.0 cm³/mol. The number of hydrogen-bond donors (Lipinski definition) is 2. The van der Waals surface area contributed by atoms with Gasteiger partial charge in [0.1, 0.15) is 0 Å². The summed E-state index contributed by atoms with van der Waals surface area (Å²) in [5.74, 6) is -0.720. The van der Waals surface area contributed by atoms with Crippen LogP contribution in [0.25, 0.3) is 16.4 Å². The van der Waals surface area contributed by atoms with E-state index >= 15 is 0 Å². The molecule has 0 unspecified atom stereocenters. The van der Waals surface area contributed by atoms with Gasteiger partial charge in [-0.25, -0.2) is 9.78 Å². The lowest BCUT2D eigenvalue weighted by molar-refractivity contribution is 0.0690. The van der Waals surface area contributed by atoms with E-state index in [-0.39, 0.29) is 5.69 Å². The molecule has 0 aliphatic heterocycles. The minimum atomic E-state index is -1.11. The molecule has 24 heavy (non-hydrogen) atoms. The first-order valence-corrected chi connectivity index (χ1v) is 7.39. The molecule has 0 saturated heterocycles. The summed E-state index contributed by atoms with van der Waals surface area (Å²) in [6, 6.07) is 10.4. The van der Waals surface area contributed by atoms with Crippen molar-refractivity contribution in [1.29, 1.82) is 0 Å². The number of carbonyl (C=O) groups is 1. The van der Waals surface area contributed by atoms with E-state index in [0.717, 1.165) is 5.69 Å². The molecule has 0 radical (unpaired) electrons. The van der Waals surface area contributed by atoms with Crippen LogP contribution >= 0.6 is 11.6 Å². The van der Waals surface area contributed by atoms with Crippen molar-refractivity contribution in [1.82, 2.24) is 19.6 Å². The summed E-state index contributed by atoms with van der Waals surface area (Å²) in [4.78, 5) is 19.9. The Morgan fingerprint density at radius 1 is 1.25 bits per heavy atom. The molecule has 118 valence electrons. The predicted octanol–water partition coefficient (Wildman–Crippen LogP) is 3.37. The maximum absolute atomic E-state index is 11.3. The minimum Gasteiger partial charge on any atom is -0.476 e. The topological polar surface area (TPSA) is 92.4 Å². The molecule has 0 aliphatic rings. The summed E-state index contributed by atoms with van der Waals surface area (Å²) in [7, 11) is 0. The smallest absolute Gasteiger partial charge is 0.356 e. The third kappa shape index (κ3) is 2.40. The largest absolute Gasteiger partial charge is 0.476 e. The van der Waals surface area contributed by atoms with Crippen LogP contribution in [0.15, 0.2) is 48.8 Å². The Hall–Kier alpha value is -3.19. The summed E-state index contributed by atoms with van der Waals surface area (Å²) in [5, 5.41) is 17.8. The average molecular weight is 340 g/mol. The van der Waals surface area contributed by atoms with Crippen LogP contribution in [0.2, 0.25) is 5.02 Å². The van der Waals surface area contributed by atoms with Gasteiger partial charge < -0.3 is 10.4 Å². The molecule has 8 heteroatoms. The SMILES string of the molecule is O=C(O)c1cc2c3cnccc3nc(Nc3cccc(Cl)c3)n2n1. The van der Waals surface area contributed by atoms with Gasteiger partial charge in [0.25, 0.3) is 0 Å². The zero-order chi connectivity index (χ0) is 16.7. The van der Waals surface area contributed by atoms with Gasteiger partial charge in [-0.3, -0.25) is 4.98 Å². The summed E-state index contributed by atoms with van der Waals surface area (Å²) < 4.78 is 1.45. The number of halogens is 1. The molecule has 0 bridgehead atoms. The molecule has 3 aromatic heterocycles. The van der Waals surface area contributed by atoms with Crippen molar-refractivity contribution in [3.05, 3.63) is 59.5 Å². The lowest BCUT2D eigenvalue weighted by Gasteiger charge is -2.09. The second kappa shape index (κ2) is 5.47. The van der Waals surface area contributed by atoms with Gasteiger partial charge in [0, 0.05) is 28.5 Å². The van der Waals surface area contributed by atoms with Crippen molar-refractivity contribution < 1.29 is 9.90 Å². The number of carboxylic acid groups (broad SMARTS) is 1. The van der Waals surface area contributed by atoms with Gasteiger partial charge in [-0.15, -0.1) is 0 Å². The van der Waals surface area contributed by atoms with Gasteiger partial charge in [-0.2, -0.15) is 9.61 Å². The molecule has 0 atom stereocenters. The molecule has 2 N–H and O–H groups in total. The lowest BCUT2D eigenvalue weighted by Crippen LogP contribution is -2.05. The Morgan fingerprint density at radius 2 is 2.12 bits per heavy atom. The van der Waals surface area contributed by atoms with Crippen LogP contribution in [0.4, 0.5) is 11.6 Å². The highest BCUT2D eigenvalue weighted by Crippen LogP contribution is 2.25. The molecule has 0 amide bonds. The number of fused-ring (bicyclic) bond motifs is 3. The molecule has 4 aromatic rings. The van der Waals surface area contributed by atoms with E-state index in [9.17, 15) is 9.90 Å². The van der Waals surface area contributed by atoms with Crippen molar-refractivity contribution in [2.75, 3.05) is 5.32 Å². The minimum absolute atomic E-state index is 0.0673. The Kier molecular flexibility index (Phi) is 3.28. The Balaban J connectivity index is 1.96. The third-order valence-electron chi connectivity index (χ3n) is 3.51. The number of carboxylic acids is 1. The number of nitrogens with zero attached hydrogens (tertiary/aromatic N) is 4. The number of hydrogen-bond acceptors (Lipinski definition) is 5. The van der Waals surface area contributed by atoms with Crippen LogP contribution < -0.4 is 5.32 Å². The number of aromatic nitrogens is 4. The zero-order valence-electron chi connectivity index (χ0n) is 12.1. The average Bonchev–Trinajstić information content (AvgIpc) is 3.01. The Morgan fingerprint density at radius 3 is 2.92 bits per heavy atom. The van der Waals surface area contributed by atoms with E-state index in [2.05, 4.69) is 20.4 Å². The van der Waals surface area contributed by atoms with Crippen LogP contribution in [0.5, 0.6) is 0 Å². The van der Waals surface area contributed by atoms with Crippen molar-refractivity contribution in [2.45, 2.75) is 0 Å². The van der Waals surface area contributed by atoms with Gasteiger partial charge in [0.05, 0.1) is 11.0 Å². The molecule has 4 rings (SSSR count). The monoisotopic (exact) mass is 339 g/mol. The fraction of sp³-hybridized carbons (Fsp3) is 0. The molecule has 0 spiro atoms. The maximum atomic E-state index is 11.3. The molecule has 0 saturated carbocycles. The zero-order valence-corrected chi connectivity index (χ0v) is 12.9. The van der Waals surface area contributed by atoms with Gasteiger partial charge in [-0.05, 0) is 30.3 Å². The van der Waals surface area contributed by atoms with Crippen LogP contribution in [-0.4, -0.2) is 30.7 Å². The van der Waals surface area contributed by atoms with Gasteiger partial charge in [-0.1, -0.05) is 17.7 Å². The highest BCUT2D eigenvalue weighted by molar-refractivity contribution is 6.30. The highest BCUT2D eigenvalue weighted by Gasteiger charge is 2.15. The lowest BCUT2D eigenvalue weighted by atomic mass is 10.2. The molecular weight excluding hydrogens is 330 g/mol. The van der Waals surface area contributed by atoms with E-state index in [4.69, 9.17) is 11.6 Å². The van der Waals surface area contributed by atoms with Crippen molar-refractivity contribution >= 4 is 45.6 Å². The van der Waals surface area contributed by atoms with Crippen LogP contribution in [0.3, 0.4) is 0 Å². The number of pyridine rings is 1.